The van der Waals surface area contributed by atoms with Gasteiger partial charge in [0.25, 0.3) is 0 Å². The fourth-order valence-electron chi connectivity index (χ4n) is 4.26. The van der Waals surface area contributed by atoms with Crippen LogP contribution in [-0.2, 0) is 9.59 Å². The van der Waals surface area contributed by atoms with Crippen LogP contribution in [0.25, 0.3) is 11.1 Å². The van der Waals surface area contributed by atoms with Crippen LogP contribution in [0.4, 0.5) is 26.3 Å². The van der Waals surface area contributed by atoms with Crippen LogP contribution in [0.15, 0.2) is 48.5 Å². The van der Waals surface area contributed by atoms with Crippen molar-refractivity contribution < 1.29 is 45.8 Å². The number of halogens is 6. The number of carboxylic acids is 1. The van der Waals surface area contributed by atoms with Gasteiger partial charge in [0, 0.05) is 25.2 Å². The number of ether oxygens (including phenoxy) is 1. The van der Waals surface area contributed by atoms with Crippen LogP contribution in [0.5, 0.6) is 5.75 Å². The molecule has 2 aliphatic rings. The number of nitrogens with one attached hydrogen (secondary N) is 1. The number of para-hydroxylation sites is 1. The monoisotopic (exact) mass is 504 g/mol. The second-order valence-corrected chi connectivity index (χ2v) is 8.27. The number of likely N-dealkylation sites (N-methyl/N-ethyl adjacent to an activating group) is 1. The van der Waals surface area contributed by atoms with E-state index in [-0.39, 0.29) is 17.7 Å². The first kappa shape index (κ1) is 26.3. The quantitative estimate of drug-likeness (QED) is 0.581. The molecule has 0 unspecified atom stereocenters. The highest BCUT2D eigenvalue weighted by Gasteiger charge is 2.50. The summed E-state index contributed by atoms with van der Waals surface area (Å²) in [4.78, 5) is 23.2. The van der Waals surface area contributed by atoms with Crippen molar-refractivity contribution in [3.63, 3.8) is 0 Å². The molecule has 2 N–H and O–H groups in total. The van der Waals surface area contributed by atoms with Gasteiger partial charge in [-0.05, 0) is 42.5 Å². The van der Waals surface area contributed by atoms with E-state index >= 15 is 0 Å². The van der Waals surface area contributed by atoms with E-state index in [1.54, 1.807) is 23.1 Å². The predicted octanol–water partition coefficient (Wildman–Crippen LogP) is 4.91. The third kappa shape index (κ3) is 6.24. The highest BCUT2D eigenvalue weighted by Crippen LogP contribution is 2.40. The van der Waals surface area contributed by atoms with Crippen LogP contribution in [0, 0.1) is 0 Å². The van der Waals surface area contributed by atoms with Gasteiger partial charge in [-0.25, -0.2) is 4.79 Å². The van der Waals surface area contributed by atoms with Crippen LogP contribution in [0.3, 0.4) is 0 Å². The van der Waals surface area contributed by atoms with Gasteiger partial charge in [0.2, 0.25) is 5.91 Å². The van der Waals surface area contributed by atoms with Crippen LogP contribution in [0.2, 0.25) is 0 Å². The molecule has 2 saturated heterocycles. The van der Waals surface area contributed by atoms with E-state index in [2.05, 4.69) is 10.1 Å². The highest BCUT2D eigenvalue weighted by atomic mass is 19.4. The third-order valence-corrected chi connectivity index (χ3v) is 5.90. The summed E-state index contributed by atoms with van der Waals surface area (Å²) in [6, 6.07) is 13.5. The lowest BCUT2D eigenvalue weighted by atomic mass is 9.95. The molecule has 1 spiro atoms. The Bertz CT molecular complexity index is 1090. The Balaban J connectivity index is 0.000000429. The molecule has 12 heteroatoms. The first-order valence-corrected chi connectivity index (χ1v) is 10.5. The van der Waals surface area contributed by atoms with Crippen molar-refractivity contribution in [2.45, 2.75) is 43.4 Å². The van der Waals surface area contributed by atoms with Gasteiger partial charge >= 0.3 is 18.5 Å². The van der Waals surface area contributed by atoms with Crippen molar-refractivity contribution in [2.75, 3.05) is 13.6 Å². The van der Waals surface area contributed by atoms with Gasteiger partial charge in [0.1, 0.15) is 11.3 Å². The van der Waals surface area contributed by atoms with E-state index in [4.69, 9.17) is 9.90 Å². The molecule has 0 radical (unpaired) electrons. The van der Waals surface area contributed by atoms with Crippen LogP contribution in [0.1, 0.15) is 30.9 Å². The van der Waals surface area contributed by atoms with Crippen LogP contribution in [-0.4, -0.2) is 53.6 Å². The first-order valence-electron chi connectivity index (χ1n) is 10.5. The number of hydrogen-bond donors (Lipinski definition) is 2. The molecule has 2 heterocycles. The first-order chi connectivity index (χ1) is 16.2. The van der Waals surface area contributed by atoms with Gasteiger partial charge in [-0.2, -0.15) is 13.2 Å². The number of benzene rings is 2. The summed E-state index contributed by atoms with van der Waals surface area (Å²) in [5, 5.41) is 10.6. The Morgan fingerprint density at radius 3 is 2.31 bits per heavy atom. The number of rotatable bonds is 3. The van der Waals surface area contributed by atoms with Gasteiger partial charge < -0.3 is 14.7 Å². The summed E-state index contributed by atoms with van der Waals surface area (Å²) in [6.45, 7) is 0.737. The third-order valence-electron chi connectivity index (χ3n) is 5.90. The normalized spacial score (nSPS) is 22.2. The van der Waals surface area contributed by atoms with Crippen molar-refractivity contribution in [2.24, 2.45) is 0 Å². The molecule has 0 aromatic heterocycles. The topological polar surface area (TPSA) is 78.9 Å². The number of carboxylic acid groups (broad SMARTS) is 1. The number of amides is 1. The Morgan fingerprint density at radius 2 is 1.74 bits per heavy atom. The highest BCUT2D eigenvalue weighted by molar-refractivity contribution is 5.88. The molecule has 2 atom stereocenters. The van der Waals surface area contributed by atoms with Crippen molar-refractivity contribution in [1.82, 2.24) is 10.2 Å². The fraction of sp³-hybridized carbons (Fsp3) is 0.391. The number of alkyl halides is 6. The maximum atomic E-state index is 12.7. The Morgan fingerprint density at radius 1 is 1.09 bits per heavy atom. The van der Waals surface area contributed by atoms with Gasteiger partial charge in [0.05, 0.1) is 0 Å². The summed E-state index contributed by atoms with van der Waals surface area (Å²) >= 11 is 0. The van der Waals surface area contributed by atoms with E-state index in [0.29, 0.717) is 11.1 Å². The molecular formula is C23H22F6N2O4. The van der Waals surface area contributed by atoms with Crippen LogP contribution < -0.4 is 10.1 Å². The summed E-state index contributed by atoms with van der Waals surface area (Å²) < 4.78 is 74.1. The van der Waals surface area contributed by atoms with Crippen molar-refractivity contribution >= 4 is 11.9 Å². The molecule has 2 aromatic rings. The van der Waals surface area contributed by atoms with Gasteiger partial charge in [0.15, 0.2) is 0 Å². The zero-order valence-corrected chi connectivity index (χ0v) is 18.4. The second-order valence-electron chi connectivity index (χ2n) is 8.27. The molecule has 2 aromatic carbocycles. The van der Waals surface area contributed by atoms with Gasteiger partial charge in [-0.15, -0.1) is 13.2 Å². The molecule has 4 rings (SSSR count). The zero-order chi connectivity index (χ0) is 26.0. The molecule has 0 aliphatic carbocycles. The molecule has 0 saturated carbocycles. The molecule has 2 fully saturated rings. The Hall–Kier alpha value is -3.28. The molecule has 1 amide bonds. The number of nitrogens with zero attached hydrogens (tertiary/aromatic N) is 1. The smallest absolute Gasteiger partial charge is 0.475 e. The largest absolute Gasteiger partial charge is 0.573 e. The molecule has 2 aliphatic heterocycles. The minimum atomic E-state index is -5.08. The van der Waals surface area contributed by atoms with Gasteiger partial charge in [-0.1, -0.05) is 36.4 Å². The van der Waals surface area contributed by atoms with E-state index in [0.717, 1.165) is 31.4 Å². The van der Waals surface area contributed by atoms with Crippen molar-refractivity contribution in [3.8, 4) is 16.9 Å². The number of carbonyl (C=O) groups is 2. The second kappa shape index (κ2) is 9.76. The minimum absolute atomic E-state index is 0.00824. The molecular weight excluding hydrogens is 482 g/mol. The zero-order valence-electron chi connectivity index (χ0n) is 18.4. The predicted molar refractivity (Wildman–Crippen MR) is 112 cm³/mol. The lowest BCUT2D eigenvalue weighted by molar-refractivity contribution is -0.274. The van der Waals surface area contributed by atoms with Crippen molar-refractivity contribution in [1.29, 1.82) is 0 Å². The SMILES string of the molecule is CN1CC[C@]2(CC[C@H](c3cccc(-c4ccccc4OC(F)(F)F)c3)N2)C1=O.O=C(O)C(F)(F)F. The van der Waals surface area contributed by atoms with E-state index in [9.17, 15) is 31.1 Å². The average Bonchev–Trinajstić information content (AvgIpc) is 3.33. The standard InChI is InChI=1S/C21H21F3N2O2.C2HF3O2/c1-26-12-11-20(19(26)27)10-9-17(25-20)15-6-4-5-14(13-15)16-7-2-3-8-18(16)28-21(22,23)24;3-2(4,5)1(6)7/h2-8,13,17,25H,9-12H2,1H3;(H,6,7)/t17-,20-;/m1./s1. The van der Waals surface area contributed by atoms with E-state index < -0.39 is 24.0 Å². The van der Waals surface area contributed by atoms with Crippen LogP contribution >= 0.6 is 0 Å². The molecule has 35 heavy (non-hydrogen) atoms. The average molecular weight is 504 g/mol. The molecule has 0 bridgehead atoms. The van der Waals surface area contributed by atoms with Crippen molar-refractivity contribution in [3.05, 3.63) is 54.1 Å². The number of aliphatic carboxylic acids is 1. The summed E-state index contributed by atoms with van der Waals surface area (Å²) in [5.74, 6) is -2.86. The Labute approximate surface area is 196 Å². The maximum Gasteiger partial charge on any atom is 0.573 e. The number of hydrogen-bond acceptors (Lipinski definition) is 4. The van der Waals surface area contributed by atoms with Gasteiger partial charge in [-0.3, -0.25) is 10.1 Å². The fourth-order valence-corrected chi connectivity index (χ4v) is 4.26. The molecule has 6 nitrogen and oxygen atoms in total. The van der Waals surface area contributed by atoms with E-state index in [1.807, 2.05) is 25.2 Å². The summed E-state index contributed by atoms with van der Waals surface area (Å²) in [6.07, 6.45) is -7.48. The molecule has 190 valence electrons. The Kier molecular flexibility index (Phi) is 7.34. The minimum Gasteiger partial charge on any atom is -0.475 e. The maximum absolute atomic E-state index is 12.7. The lowest BCUT2D eigenvalue weighted by Crippen LogP contribution is -2.47. The number of carbonyl (C=O) groups excluding carboxylic acids is 1. The summed E-state index contributed by atoms with van der Waals surface area (Å²) in [5.41, 5.74) is 1.48. The number of likely N-dealkylation sites (tertiary alicyclic amines) is 1. The summed E-state index contributed by atoms with van der Waals surface area (Å²) in [7, 11) is 1.81. The van der Waals surface area contributed by atoms with E-state index in [1.165, 1.54) is 12.1 Å². The lowest BCUT2D eigenvalue weighted by Gasteiger charge is -2.23.